The van der Waals surface area contributed by atoms with Gasteiger partial charge in [0.2, 0.25) is 0 Å². The number of oxazole rings is 1. The number of benzene rings is 1. The Hall–Kier alpha value is -2.09. The number of hydrogen-bond acceptors (Lipinski definition) is 5. The van der Waals surface area contributed by atoms with Gasteiger partial charge >= 0.3 is 227 Å². The van der Waals surface area contributed by atoms with Crippen molar-refractivity contribution in [3.8, 4) is 11.5 Å². The van der Waals surface area contributed by atoms with Crippen molar-refractivity contribution in [2.45, 2.75) is 143 Å². The maximum absolute atomic E-state index is 12.8. The molecule has 2 aromatic rings. The third kappa shape index (κ3) is 12.6. The molecular weight excluding hydrogens is 667 g/mol. The van der Waals surface area contributed by atoms with Crippen molar-refractivity contribution in [2.75, 3.05) is 6.54 Å². The molecule has 0 spiro atoms. The Labute approximate surface area is 277 Å². The molecule has 3 rings (SSSR count). The fourth-order valence-corrected chi connectivity index (χ4v) is 24.2. The van der Waals surface area contributed by atoms with E-state index in [2.05, 4.69) is 61.4 Å². The van der Waals surface area contributed by atoms with E-state index in [-0.39, 0.29) is 12.3 Å². The van der Waals surface area contributed by atoms with Crippen molar-refractivity contribution < 1.29 is 19.1 Å². The molecule has 1 fully saturated rings. The van der Waals surface area contributed by atoms with Crippen LogP contribution in [0, 0.1) is 5.92 Å². The Morgan fingerprint density at radius 3 is 2.16 bits per heavy atom. The minimum absolute atomic E-state index is 0.102. The molecule has 1 saturated carbocycles. The molecule has 45 heavy (non-hydrogen) atoms. The van der Waals surface area contributed by atoms with Crippen molar-refractivity contribution in [1.29, 1.82) is 0 Å². The number of amides is 1. The number of nitrogens with zero attached hydrogens (tertiary/aromatic N) is 1. The van der Waals surface area contributed by atoms with Crippen molar-refractivity contribution in [2.24, 2.45) is 5.92 Å². The number of aromatic nitrogens is 1. The minimum atomic E-state index is -2.81. The van der Waals surface area contributed by atoms with E-state index in [0.29, 0.717) is 24.6 Å². The molecule has 0 radical (unpaired) electrons. The van der Waals surface area contributed by atoms with Crippen LogP contribution in [0.1, 0.15) is 146 Å². The standard InChI is InChI=1S/C26H33N2O4.3C4H9.Sn/c29-24(30)13-6-2-5-11-21-14-16-22(17-15-21)26-28-23(19-32-26)25(31)27-18-8-7-12-20-9-3-1-4-10-20;3*1-3-4-2;/h5,14-17,19-20H,1-4,6-10,12-13,18H2,(H,27,31)(H,29,30);3*1,3-4H2,2H3;/p-1. The van der Waals surface area contributed by atoms with Gasteiger partial charge in [-0.15, -0.1) is 0 Å². The zero-order chi connectivity index (χ0) is 32.3. The number of carbonyl (C=O) groups is 2. The summed E-state index contributed by atoms with van der Waals surface area (Å²) in [5.74, 6) is 0.188. The monoisotopic (exact) mass is 727 g/mol. The Bertz CT molecular complexity index is 1140. The second-order valence-corrected chi connectivity index (χ2v) is 26.5. The predicted molar refractivity (Wildman–Crippen MR) is 186 cm³/mol. The number of carboxylic acids is 1. The van der Waals surface area contributed by atoms with Crippen LogP contribution in [0.3, 0.4) is 0 Å². The zero-order valence-corrected chi connectivity index (χ0v) is 31.3. The number of hydrogen-bond donors (Lipinski definition) is 1. The molecule has 1 aromatic carbocycles. The topological polar surface area (TPSA) is 95.3 Å². The quantitative estimate of drug-likeness (QED) is 0.0964. The molecule has 1 aliphatic rings. The van der Waals surface area contributed by atoms with Crippen LogP contribution >= 0.6 is 0 Å². The van der Waals surface area contributed by atoms with Gasteiger partial charge in [0, 0.05) is 0 Å². The number of carbonyl (C=O) groups excluding carboxylic acids is 2. The molecule has 0 aliphatic heterocycles. The Morgan fingerprint density at radius 1 is 0.911 bits per heavy atom. The first-order chi connectivity index (χ1) is 21.9. The van der Waals surface area contributed by atoms with Crippen molar-refractivity contribution in [3.63, 3.8) is 0 Å². The number of rotatable bonds is 22. The maximum atomic E-state index is 12.8. The van der Waals surface area contributed by atoms with Crippen LogP contribution in [0.2, 0.25) is 13.3 Å². The van der Waals surface area contributed by atoms with E-state index < -0.39 is 24.3 Å². The molecular formula is C38H59N2O4Sn-. The van der Waals surface area contributed by atoms with Crippen LogP contribution in [0.25, 0.3) is 15.0 Å². The summed E-state index contributed by atoms with van der Waals surface area (Å²) in [6, 6.07) is 8.54. The normalized spacial score (nSPS) is 14.5. The summed E-state index contributed by atoms with van der Waals surface area (Å²) in [7, 11) is 0. The Kier molecular flexibility index (Phi) is 17.4. The molecule has 0 unspecified atom stereocenters. The summed E-state index contributed by atoms with van der Waals surface area (Å²) in [5, 5.41) is 14.1. The molecule has 250 valence electrons. The van der Waals surface area contributed by atoms with E-state index in [1.807, 2.05) is 0 Å². The van der Waals surface area contributed by atoms with Crippen LogP contribution in [0.5, 0.6) is 0 Å². The van der Waals surface area contributed by atoms with Crippen LogP contribution in [0.4, 0.5) is 0 Å². The fraction of sp³-hybridized carbons (Fsp3) is 0.658. The van der Waals surface area contributed by atoms with Gasteiger partial charge in [-0.05, 0) is 5.92 Å². The third-order valence-electron chi connectivity index (χ3n) is 9.76. The third-order valence-corrected chi connectivity index (χ3v) is 25.7. The Morgan fingerprint density at radius 2 is 1.56 bits per heavy atom. The average molecular weight is 727 g/mol. The van der Waals surface area contributed by atoms with Gasteiger partial charge in [0.05, 0.1) is 0 Å². The molecule has 1 aliphatic carbocycles. The molecule has 0 saturated heterocycles. The van der Waals surface area contributed by atoms with Crippen LogP contribution < -0.4 is 10.4 Å². The summed E-state index contributed by atoms with van der Waals surface area (Å²) < 4.78 is 11.4. The van der Waals surface area contributed by atoms with Crippen LogP contribution in [0.15, 0.2) is 41.0 Å². The molecule has 1 amide bonds. The Balaban J connectivity index is 1.72. The molecule has 1 aromatic heterocycles. The first-order valence-corrected chi connectivity index (χ1v) is 25.7. The number of unbranched alkanes of at least 4 members (excludes halogenated alkanes) is 5. The van der Waals surface area contributed by atoms with E-state index in [1.54, 1.807) is 3.59 Å². The number of allylic oxidation sites excluding steroid dienone is 1. The number of carboxylic acid groups (broad SMARTS) is 1. The summed E-state index contributed by atoms with van der Waals surface area (Å²) in [5.41, 5.74) is 2.45. The summed E-state index contributed by atoms with van der Waals surface area (Å²) in [6.07, 6.45) is 23.1. The molecule has 6 nitrogen and oxygen atoms in total. The fourth-order valence-electron chi connectivity index (χ4n) is 7.09. The average Bonchev–Trinajstić information content (AvgIpc) is 3.56. The van der Waals surface area contributed by atoms with E-state index in [9.17, 15) is 14.7 Å². The molecule has 7 heteroatoms. The first kappa shape index (κ1) is 37.4. The first-order valence-electron chi connectivity index (χ1n) is 18.2. The van der Waals surface area contributed by atoms with Crippen molar-refractivity contribution in [1.82, 2.24) is 10.3 Å². The van der Waals surface area contributed by atoms with Gasteiger partial charge in [-0.2, -0.15) is 0 Å². The van der Waals surface area contributed by atoms with E-state index >= 15 is 0 Å². The summed E-state index contributed by atoms with van der Waals surface area (Å²) in [4.78, 5) is 28.4. The molecule has 1 heterocycles. The molecule has 1 N–H and O–H groups in total. The predicted octanol–water partition coefficient (Wildman–Crippen LogP) is 9.51. The van der Waals surface area contributed by atoms with Gasteiger partial charge in [-0.1, -0.05) is 44.9 Å². The summed E-state index contributed by atoms with van der Waals surface area (Å²) >= 11 is -2.81. The van der Waals surface area contributed by atoms with Gasteiger partial charge in [-0.3, -0.25) is 0 Å². The van der Waals surface area contributed by atoms with E-state index in [0.717, 1.165) is 30.7 Å². The van der Waals surface area contributed by atoms with Crippen LogP contribution in [-0.4, -0.2) is 41.8 Å². The van der Waals surface area contributed by atoms with Gasteiger partial charge in [-0.25, -0.2) is 0 Å². The van der Waals surface area contributed by atoms with Crippen molar-refractivity contribution in [3.05, 3.63) is 47.9 Å². The van der Waals surface area contributed by atoms with Gasteiger partial charge in [0.1, 0.15) is 0 Å². The van der Waals surface area contributed by atoms with E-state index in [1.165, 1.54) is 102 Å². The van der Waals surface area contributed by atoms with Gasteiger partial charge in [0.15, 0.2) is 0 Å². The second-order valence-electron chi connectivity index (χ2n) is 13.3. The SMILES string of the molecule is CCC[CH2][Sn]([CH2]CCC)([CH2]CCC)/[C](=C/CCCC(=O)[O-])c1ccc(-c2nc(C(=O)NCCCCC3CCCCC3)co2)cc1. The number of nitrogens with one attached hydrogen (secondary N) is 1. The van der Waals surface area contributed by atoms with Gasteiger partial charge < -0.3 is 0 Å². The number of aliphatic carboxylic acids is 1. The second kappa shape index (κ2) is 20.9. The van der Waals surface area contributed by atoms with E-state index in [4.69, 9.17) is 4.42 Å². The summed E-state index contributed by atoms with van der Waals surface area (Å²) in [6.45, 7) is 7.54. The van der Waals surface area contributed by atoms with Gasteiger partial charge in [0.25, 0.3) is 0 Å². The van der Waals surface area contributed by atoms with Crippen LogP contribution in [-0.2, 0) is 4.79 Å². The molecule has 0 bridgehead atoms. The van der Waals surface area contributed by atoms with Crippen molar-refractivity contribution >= 4 is 33.8 Å². The zero-order valence-electron chi connectivity index (χ0n) is 28.5. The molecule has 0 atom stereocenters.